The van der Waals surface area contributed by atoms with Crippen LogP contribution in [0.4, 0.5) is 0 Å². The fourth-order valence-corrected chi connectivity index (χ4v) is 3.19. The van der Waals surface area contributed by atoms with Crippen molar-refractivity contribution in [3.05, 3.63) is 42.1 Å². The molecule has 0 radical (unpaired) electrons. The number of nitrogens with one attached hydrogen (secondary N) is 3. The molecule has 1 aromatic heterocycles. The maximum atomic E-state index is 12.4. The zero-order valence-electron chi connectivity index (χ0n) is 14.0. The monoisotopic (exact) mass is 328 g/mol. The minimum atomic E-state index is -0.126. The molecule has 1 fully saturated rings. The Hall–Kier alpha value is -2.18. The number of ether oxygens (including phenoxy) is 1. The molecule has 3 rings (SSSR count). The number of carbonyl (C=O) groups is 1. The highest BCUT2D eigenvalue weighted by atomic mass is 16.5. The Bertz CT molecular complexity index is 657. The number of hydrogen-bond acceptors (Lipinski definition) is 4. The second-order valence-corrected chi connectivity index (χ2v) is 6.40. The minimum absolute atomic E-state index is 0.0118. The maximum absolute atomic E-state index is 12.4. The second kappa shape index (κ2) is 7.59. The van der Waals surface area contributed by atoms with Crippen molar-refractivity contribution in [2.75, 3.05) is 33.4 Å². The normalized spacial score (nSPS) is 16.7. The van der Waals surface area contributed by atoms with Gasteiger partial charge in [0.15, 0.2) is 0 Å². The van der Waals surface area contributed by atoms with Crippen LogP contribution in [-0.4, -0.2) is 49.5 Å². The molecule has 1 saturated heterocycles. The van der Waals surface area contributed by atoms with Gasteiger partial charge in [-0.25, -0.2) is 0 Å². The summed E-state index contributed by atoms with van der Waals surface area (Å²) < 4.78 is 5.39. The molecule has 0 atom stereocenters. The van der Waals surface area contributed by atoms with Crippen molar-refractivity contribution in [1.82, 2.24) is 20.8 Å². The molecule has 3 N–H and O–H groups in total. The zero-order valence-corrected chi connectivity index (χ0v) is 14.0. The van der Waals surface area contributed by atoms with E-state index in [0.29, 0.717) is 18.8 Å². The lowest BCUT2D eigenvalue weighted by Crippen LogP contribution is -2.47. The van der Waals surface area contributed by atoms with Gasteiger partial charge in [-0.3, -0.25) is 9.89 Å². The molecule has 2 heterocycles. The van der Waals surface area contributed by atoms with Crippen molar-refractivity contribution in [3.8, 4) is 11.3 Å². The number of hydrogen-bond donors (Lipinski definition) is 3. The van der Waals surface area contributed by atoms with E-state index in [0.717, 1.165) is 37.2 Å². The Morgan fingerprint density at radius 1 is 1.29 bits per heavy atom. The van der Waals surface area contributed by atoms with Crippen molar-refractivity contribution in [3.63, 3.8) is 0 Å². The van der Waals surface area contributed by atoms with Gasteiger partial charge in [0.25, 0.3) is 5.91 Å². The number of nitrogens with zero attached hydrogens (tertiary/aromatic N) is 1. The van der Waals surface area contributed by atoms with Gasteiger partial charge in [0.1, 0.15) is 5.69 Å². The van der Waals surface area contributed by atoms with Crippen LogP contribution in [0.2, 0.25) is 0 Å². The van der Waals surface area contributed by atoms with E-state index in [1.54, 1.807) is 13.2 Å². The number of aromatic nitrogens is 2. The molecule has 6 nitrogen and oxygen atoms in total. The molecular weight excluding hydrogens is 304 g/mol. The first-order valence-corrected chi connectivity index (χ1v) is 8.31. The fourth-order valence-electron chi connectivity index (χ4n) is 3.19. The quantitative estimate of drug-likeness (QED) is 0.756. The van der Waals surface area contributed by atoms with E-state index >= 15 is 0 Å². The lowest BCUT2D eigenvalue weighted by molar-refractivity contribution is 0.0510. The van der Waals surface area contributed by atoms with E-state index in [9.17, 15) is 4.79 Å². The van der Waals surface area contributed by atoms with Crippen LogP contribution in [-0.2, 0) is 4.74 Å². The van der Waals surface area contributed by atoms with Crippen molar-refractivity contribution < 1.29 is 9.53 Å². The van der Waals surface area contributed by atoms with Crippen LogP contribution >= 0.6 is 0 Å². The molecule has 0 bridgehead atoms. The predicted molar refractivity (Wildman–Crippen MR) is 92.8 cm³/mol. The summed E-state index contributed by atoms with van der Waals surface area (Å²) in [5, 5.41) is 13.5. The van der Waals surface area contributed by atoms with Gasteiger partial charge in [-0.2, -0.15) is 5.10 Å². The predicted octanol–water partition coefficient (Wildman–Crippen LogP) is 1.82. The molecule has 0 unspecified atom stereocenters. The summed E-state index contributed by atoms with van der Waals surface area (Å²) in [5.74, 6) is -0.126. The number of carbonyl (C=O) groups excluding carboxylic acids is 1. The first-order valence-electron chi connectivity index (χ1n) is 8.31. The lowest BCUT2D eigenvalue weighted by atomic mass is 9.79. The van der Waals surface area contributed by atoms with Crippen molar-refractivity contribution in [2.45, 2.75) is 12.8 Å². The van der Waals surface area contributed by atoms with Crippen LogP contribution in [0.25, 0.3) is 11.3 Å². The van der Waals surface area contributed by atoms with Crippen LogP contribution in [0.3, 0.4) is 0 Å². The highest BCUT2D eigenvalue weighted by molar-refractivity contribution is 5.93. The van der Waals surface area contributed by atoms with E-state index < -0.39 is 0 Å². The van der Waals surface area contributed by atoms with Crippen LogP contribution in [0.1, 0.15) is 23.3 Å². The molecule has 2 aromatic rings. The maximum Gasteiger partial charge on any atom is 0.269 e. The molecule has 0 aliphatic carbocycles. The van der Waals surface area contributed by atoms with E-state index in [2.05, 4.69) is 20.8 Å². The van der Waals surface area contributed by atoms with Gasteiger partial charge in [-0.15, -0.1) is 0 Å². The topological polar surface area (TPSA) is 79.0 Å². The third-order valence-electron chi connectivity index (χ3n) is 4.63. The molecule has 128 valence electrons. The minimum Gasteiger partial charge on any atom is -0.384 e. The van der Waals surface area contributed by atoms with Crippen molar-refractivity contribution in [2.24, 2.45) is 5.41 Å². The van der Waals surface area contributed by atoms with Crippen molar-refractivity contribution >= 4 is 5.91 Å². The van der Waals surface area contributed by atoms with Crippen molar-refractivity contribution in [1.29, 1.82) is 0 Å². The zero-order chi connectivity index (χ0) is 16.8. The SMILES string of the molecule is COCC1(CNC(=O)c2cc(-c3ccccc3)n[nH]2)CCNCC1. The summed E-state index contributed by atoms with van der Waals surface area (Å²) in [5.41, 5.74) is 2.25. The molecule has 6 heteroatoms. The van der Waals surface area contributed by atoms with Crippen LogP contribution in [0, 0.1) is 5.41 Å². The number of amides is 1. The van der Waals surface area contributed by atoms with Gasteiger partial charge in [-0.1, -0.05) is 30.3 Å². The summed E-state index contributed by atoms with van der Waals surface area (Å²) in [6, 6.07) is 11.6. The van der Waals surface area contributed by atoms with Crippen LogP contribution in [0.15, 0.2) is 36.4 Å². The number of aromatic amines is 1. The average molecular weight is 328 g/mol. The van der Waals surface area contributed by atoms with E-state index in [1.165, 1.54) is 0 Å². The third-order valence-corrected chi connectivity index (χ3v) is 4.63. The van der Waals surface area contributed by atoms with Gasteiger partial charge in [-0.05, 0) is 32.0 Å². The second-order valence-electron chi connectivity index (χ2n) is 6.40. The number of methoxy groups -OCH3 is 1. The number of benzene rings is 1. The number of rotatable bonds is 6. The Morgan fingerprint density at radius 3 is 2.75 bits per heavy atom. The van der Waals surface area contributed by atoms with Gasteiger partial charge >= 0.3 is 0 Å². The van der Waals surface area contributed by atoms with Gasteiger partial charge in [0.2, 0.25) is 0 Å². The summed E-state index contributed by atoms with van der Waals surface area (Å²) in [6.45, 7) is 3.19. The van der Waals surface area contributed by atoms with E-state index in [-0.39, 0.29) is 11.3 Å². The molecule has 1 amide bonds. The lowest BCUT2D eigenvalue weighted by Gasteiger charge is -2.37. The summed E-state index contributed by atoms with van der Waals surface area (Å²) in [7, 11) is 1.71. The molecular formula is C18H24N4O2. The summed E-state index contributed by atoms with van der Waals surface area (Å²) in [4.78, 5) is 12.4. The Balaban J connectivity index is 1.63. The Kier molecular flexibility index (Phi) is 5.27. The highest BCUT2D eigenvalue weighted by Crippen LogP contribution is 2.28. The van der Waals surface area contributed by atoms with E-state index in [4.69, 9.17) is 4.74 Å². The average Bonchev–Trinajstić information content (AvgIpc) is 3.12. The first kappa shape index (κ1) is 16.7. The van der Waals surface area contributed by atoms with Gasteiger partial charge in [0, 0.05) is 24.6 Å². The van der Waals surface area contributed by atoms with Crippen LogP contribution < -0.4 is 10.6 Å². The molecule has 0 spiro atoms. The van der Waals surface area contributed by atoms with Gasteiger partial charge < -0.3 is 15.4 Å². The summed E-state index contributed by atoms with van der Waals surface area (Å²) in [6.07, 6.45) is 2.00. The van der Waals surface area contributed by atoms with Crippen LogP contribution in [0.5, 0.6) is 0 Å². The smallest absolute Gasteiger partial charge is 0.269 e. The Morgan fingerprint density at radius 2 is 2.04 bits per heavy atom. The molecule has 1 aliphatic heterocycles. The fraction of sp³-hybridized carbons (Fsp3) is 0.444. The van der Waals surface area contributed by atoms with E-state index in [1.807, 2.05) is 30.3 Å². The summed E-state index contributed by atoms with van der Waals surface area (Å²) >= 11 is 0. The largest absolute Gasteiger partial charge is 0.384 e. The first-order chi connectivity index (χ1) is 11.7. The van der Waals surface area contributed by atoms with Gasteiger partial charge in [0.05, 0.1) is 12.3 Å². The standard InChI is InChI=1S/C18H24N4O2/c1-24-13-18(7-9-19-10-8-18)12-20-17(23)16-11-15(21-22-16)14-5-3-2-4-6-14/h2-6,11,19H,7-10,12-13H2,1H3,(H,20,23)(H,21,22). The molecule has 0 saturated carbocycles. The molecule has 24 heavy (non-hydrogen) atoms. The number of H-pyrrole nitrogens is 1. The molecule has 1 aliphatic rings. The Labute approximate surface area is 142 Å². The third kappa shape index (κ3) is 3.83. The highest BCUT2D eigenvalue weighted by Gasteiger charge is 2.32. The molecule has 1 aromatic carbocycles. The number of piperidine rings is 1.